The number of benzene rings is 1. The van der Waals surface area contributed by atoms with Crippen molar-refractivity contribution in [3.63, 3.8) is 0 Å². The molecule has 0 aliphatic carbocycles. The van der Waals surface area contributed by atoms with Crippen molar-refractivity contribution >= 4 is 21.8 Å². The van der Waals surface area contributed by atoms with E-state index in [4.69, 9.17) is 0 Å². The Morgan fingerprint density at radius 2 is 2.35 bits per heavy atom. The van der Waals surface area contributed by atoms with E-state index in [1.807, 2.05) is 12.1 Å². The van der Waals surface area contributed by atoms with Gasteiger partial charge in [0.15, 0.2) is 0 Å². The minimum Gasteiger partial charge on any atom is -0.352 e. The lowest BCUT2D eigenvalue weighted by Crippen LogP contribution is -2.25. The molecule has 5 heteroatoms. The zero-order valence-corrected chi connectivity index (χ0v) is 10.7. The maximum atomic E-state index is 11.8. The molecular weight excluding hydrogens is 282 g/mol. The lowest BCUT2D eigenvalue weighted by atomic mass is 10.2. The number of imidazole rings is 1. The van der Waals surface area contributed by atoms with Crippen LogP contribution in [0.25, 0.3) is 0 Å². The molecule has 0 saturated carbocycles. The molecule has 1 aromatic carbocycles. The van der Waals surface area contributed by atoms with Gasteiger partial charge in [-0.05, 0) is 18.2 Å². The molecule has 1 aromatic heterocycles. The van der Waals surface area contributed by atoms with Crippen molar-refractivity contribution < 1.29 is 4.79 Å². The quantitative estimate of drug-likeness (QED) is 0.907. The van der Waals surface area contributed by atoms with Gasteiger partial charge in [0.1, 0.15) is 0 Å². The fraction of sp³-hybridized carbons (Fsp3) is 0.167. The van der Waals surface area contributed by atoms with E-state index in [0.29, 0.717) is 12.1 Å². The molecule has 0 bridgehead atoms. The Morgan fingerprint density at radius 3 is 3.06 bits per heavy atom. The number of nitrogens with zero attached hydrogens (tertiary/aromatic N) is 1. The third-order valence-electron chi connectivity index (χ3n) is 2.32. The van der Waals surface area contributed by atoms with Crippen LogP contribution >= 0.6 is 15.9 Å². The predicted molar refractivity (Wildman–Crippen MR) is 68.8 cm³/mol. The van der Waals surface area contributed by atoms with Crippen LogP contribution in [0.2, 0.25) is 0 Å². The highest BCUT2D eigenvalue weighted by Crippen LogP contribution is 2.11. The molecule has 0 fully saturated rings. The van der Waals surface area contributed by atoms with E-state index in [1.165, 1.54) is 0 Å². The van der Waals surface area contributed by atoms with E-state index in [9.17, 15) is 4.79 Å². The Morgan fingerprint density at radius 1 is 1.47 bits per heavy atom. The summed E-state index contributed by atoms with van der Waals surface area (Å²) >= 11 is 3.34. The van der Waals surface area contributed by atoms with Crippen LogP contribution in [0, 0.1) is 0 Å². The molecule has 4 nitrogen and oxygen atoms in total. The van der Waals surface area contributed by atoms with Gasteiger partial charge in [-0.3, -0.25) is 4.79 Å². The topological polar surface area (TPSA) is 57.8 Å². The van der Waals surface area contributed by atoms with Crippen molar-refractivity contribution in [1.29, 1.82) is 0 Å². The molecule has 0 aliphatic rings. The predicted octanol–water partition coefficient (Wildman–Crippen LogP) is 2.14. The number of rotatable bonds is 4. The molecule has 1 amide bonds. The molecule has 2 rings (SSSR count). The molecule has 1 heterocycles. The van der Waals surface area contributed by atoms with Gasteiger partial charge in [-0.2, -0.15) is 0 Å². The minimum absolute atomic E-state index is 0.0641. The summed E-state index contributed by atoms with van der Waals surface area (Å²) in [5, 5.41) is 2.86. The Kier molecular flexibility index (Phi) is 3.93. The van der Waals surface area contributed by atoms with E-state index in [2.05, 4.69) is 31.2 Å². The van der Waals surface area contributed by atoms with Crippen molar-refractivity contribution in [3.8, 4) is 0 Å². The van der Waals surface area contributed by atoms with Gasteiger partial charge in [-0.1, -0.05) is 22.0 Å². The number of aromatic nitrogens is 2. The van der Waals surface area contributed by atoms with Crippen LogP contribution in [0.1, 0.15) is 16.1 Å². The normalized spacial score (nSPS) is 10.2. The molecule has 0 saturated heterocycles. The summed E-state index contributed by atoms with van der Waals surface area (Å²) in [6.45, 7) is 0.591. The summed E-state index contributed by atoms with van der Waals surface area (Å²) in [6, 6.07) is 7.32. The maximum Gasteiger partial charge on any atom is 0.251 e. The van der Waals surface area contributed by atoms with Crippen LogP contribution in [-0.4, -0.2) is 22.4 Å². The monoisotopic (exact) mass is 293 g/mol. The van der Waals surface area contributed by atoms with Crippen LogP contribution < -0.4 is 5.32 Å². The fourth-order valence-corrected chi connectivity index (χ4v) is 1.86. The Labute approximate surface area is 108 Å². The first-order valence-electron chi connectivity index (χ1n) is 5.27. The second kappa shape index (κ2) is 5.63. The number of nitrogens with one attached hydrogen (secondary N) is 2. The van der Waals surface area contributed by atoms with Gasteiger partial charge in [-0.25, -0.2) is 4.98 Å². The van der Waals surface area contributed by atoms with Gasteiger partial charge in [0.25, 0.3) is 5.91 Å². The Hall–Kier alpha value is -1.62. The van der Waals surface area contributed by atoms with Crippen molar-refractivity contribution in [3.05, 3.63) is 52.5 Å². The van der Waals surface area contributed by atoms with E-state index >= 15 is 0 Å². The second-order valence-corrected chi connectivity index (χ2v) is 4.51. The largest absolute Gasteiger partial charge is 0.352 e. The molecule has 0 atom stereocenters. The maximum absolute atomic E-state index is 11.8. The van der Waals surface area contributed by atoms with Crippen LogP contribution in [0.15, 0.2) is 41.3 Å². The number of hydrogen-bond donors (Lipinski definition) is 2. The van der Waals surface area contributed by atoms with Gasteiger partial charge in [0.05, 0.1) is 6.33 Å². The number of halogens is 1. The van der Waals surface area contributed by atoms with Gasteiger partial charge in [0, 0.05) is 34.9 Å². The molecular formula is C12H12BrN3O. The number of carbonyl (C=O) groups excluding carboxylic acids is 1. The zero-order valence-electron chi connectivity index (χ0n) is 9.11. The van der Waals surface area contributed by atoms with Crippen LogP contribution in [-0.2, 0) is 6.42 Å². The molecule has 0 spiro atoms. The highest BCUT2D eigenvalue weighted by atomic mass is 79.9. The molecule has 0 aliphatic heterocycles. The van der Waals surface area contributed by atoms with Gasteiger partial charge < -0.3 is 10.3 Å². The number of carbonyl (C=O) groups is 1. The molecule has 0 unspecified atom stereocenters. The molecule has 2 N–H and O–H groups in total. The molecule has 88 valence electrons. The smallest absolute Gasteiger partial charge is 0.251 e. The number of amides is 1. The average Bonchev–Trinajstić information content (AvgIpc) is 2.82. The number of hydrogen-bond acceptors (Lipinski definition) is 2. The van der Waals surface area contributed by atoms with E-state index in [-0.39, 0.29) is 5.91 Å². The van der Waals surface area contributed by atoms with Gasteiger partial charge >= 0.3 is 0 Å². The van der Waals surface area contributed by atoms with E-state index in [0.717, 1.165) is 16.6 Å². The third-order valence-corrected chi connectivity index (χ3v) is 2.81. The first-order valence-corrected chi connectivity index (χ1v) is 6.06. The summed E-state index contributed by atoms with van der Waals surface area (Å²) in [5.41, 5.74) is 1.67. The third kappa shape index (κ3) is 3.42. The molecule has 0 radical (unpaired) electrons. The minimum atomic E-state index is -0.0641. The highest BCUT2D eigenvalue weighted by molar-refractivity contribution is 9.10. The second-order valence-electron chi connectivity index (χ2n) is 3.59. The Bertz CT molecular complexity index is 496. The average molecular weight is 294 g/mol. The van der Waals surface area contributed by atoms with Crippen molar-refractivity contribution in [1.82, 2.24) is 15.3 Å². The lowest BCUT2D eigenvalue weighted by molar-refractivity contribution is 0.0954. The van der Waals surface area contributed by atoms with Crippen molar-refractivity contribution in [2.75, 3.05) is 6.54 Å². The van der Waals surface area contributed by atoms with Crippen LogP contribution in [0.4, 0.5) is 0 Å². The zero-order chi connectivity index (χ0) is 12.1. The van der Waals surface area contributed by atoms with Crippen LogP contribution in [0.3, 0.4) is 0 Å². The number of aromatic amines is 1. The first-order chi connectivity index (χ1) is 8.25. The van der Waals surface area contributed by atoms with Crippen molar-refractivity contribution in [2.45, 2.75) is 6.42 Å². The van der Waals surface area contributed by atoms with E-state index in [1.54, 1.807) is 24.7 Å². The van der Waals surface area contributed by atoms with Gasteiger partial charge in [-0.15, -0.1) is 0 Å². The van der Waals surface area contributed by atoms with Crippen LogP contribution in [0.5, 0.6) is 0 Å². The van der Waals surface area contributed by atoms with Crippen molar-refractivity contribution in [2.24, 2.45) is 0 Å². The molecule has 17 heavy (non-hydrogen) atoms. The Balaban J connectivity index is 1.85. The summed E-state index contributed by atoms with van der Waals surface area (Å²) < 4.78 is 0.902. The highest BCUT2D eigenvalue weighted by Gasteiger charge is 2.04. The first kappa shape index (κ1) is 11.9. The summed E-state index contributed by atoms with van der Waals surface area (Å²) in [7, 11) is 0. The summed E-state index contributed by atoms with van der Waals surface area (Å²) in [4.78, 5) is 18.7. The standard InChI is InChI=1S/C12H12BrN3O/c13-10-3-1-2-9(6-10)12(17)15-5-4-11-7-14-8-16-11/h1-3,6-8H,4-5H2,(H,14,16)(H,15,17). The SMILES string of the molecule is O=C(NCCc1cnc[nH]1)c1cccc(Br)c1. The number of H-pyrrole nitrogens is 1. The summed E-state index contributed by atoms with van der Waals surface area (Å²) in [5.74, 6) is -0.0641. The lowest BCUT2D eigenvalue weighted by Gasteiger charge is -2.04. The fourth-order valence-electron chi connectivity index (χ4n) is 1.46. The summed E-state index contributed by atoms with van der Waals surface area (Å²) in [6.07, 6.45) is 4.14. The van der Waals surface area contributed by atoms with E-state index < -0.39 is 0 Å². The molecule has 2 aromatic rings. The van der Waals surface area contributed by atoms with Gasteiger partial charge in [0.2, 0.25) is 0 Å².